The van der Waals surface area contributed by atoms with Gasteiger partial charge in [0, 0.05) is 10.4 Å². The maximum absolute atomic E-state index is 12.3. The average molecular weight is 321 g/mol. The Hall–Kier alpha value is -2.30. The average Bonchev–Trinajstić information content (AvgIpc) is 2.81. The zero-order valence-electron chi connectivity index (χ0n) is 11.0. The summed E-state index contributed by atoms with van der Waals surface area (Å²) in [5.74, 6) is 1.26. The predicted molar refractivity (Wildman–Crippen MR) is 81.2 cm³/mol. The van der Waals surface area contributed by atoms with Gasteiger partial charge < -0.3 is 5.11 Å². The topological polar surface area (TPSA) is 83.5 Å². The van der Waals surface area contributed by atoms with Gasteiger partial charge in [0.1, 0.15) is 9.77 Å². The third kappa shape index (κ3) is 3.24. The first-order chi connectivity index (χ1) is 9.83. The molecule has 2 N–H and O–H groups in total. The molecule has 0 fully saturated rings. The van der Waals surface area contributed by atoms with E-state index < -0.39 is 16.0 Å². The van der Waals surface area contributed by atoms with Crippen molar-refractivity contribution in [1.29, 1.82) is 0 Å². The predicted octanol–water partition coefficient (Wildman–Crippen LogP) is 2.54. The van der Waals surface area contributed by atoms with Crippen molar-refractivity contribution in [3.05, 3.63) is 45.6 Å². The molecule has 2 aromatic rings. The normalized spacial score (nSPS) is 10.9. The summed E-state index contributed by atoms with van der Waals surface area (Å²) in [4.78, 5) is 11.3. The molecule has 0 aliphatic heterocycles. The summed E-state index contributed by atoms with van der Waals surface area (Å²) in [6, 6.07) is 7.55. The number of carboxylic acids is 1. The van der Waals surface area contributed by atoms with Gasteiger partial charge in [0.05, 0.1) is 5.69 Å². The van der Waals surface area contributed by atoms with Crippen LogP contribution in [-0.4, -0.2) is 19.5 Å². The van der Waals surface area contributed by atoms with E-state index in [9.17, 15) is 13.2 Å². The number of aryl methyl sites for hydroxylation is 1. The molecule has 0 atom stereocenters. The van der Waals surface area contributed by atoms with Crippen molar-refractivity contribution in [2.45, 2.75) is 11.8 Å². The highest BCUT2D eigenvalue weighted by Gasteiger charge is 2.22. The van der Waals surface area contributed by atoms with Crippen LogP contribution < -0.4 is 4.72 Å². The second-order valence-corrected chi connectivity index (χ2v) is 7.07. The van der Waals surface area contributed by atoms with Gasteiger partial charge in [0.15, 0.2) is 0 Å². The van der Waals surface area contributed by atoms with Gasteiger partial charge in [-0.05, 0) is 31.2 Å². The van der Waals surface area contributed by atoms with Crippen LogP contribution in [0.1, 0.15) is 20.1 Å². The number of thiophene rings is 1. The van der Waals surface area contributed by atoms with Crippen LogP contribution in [0.25, 0.3) is 0 Å². The number of hydrogen-bond acceptors (Lipinski definition) is 4. The number of nitrogens with one attached hydrogen (secondary N) is 1. The van der Waals surface area contributed by atoms with Crippen molar-refractivity contribution in [2.75, 3.05) is 4.72 Å². The molecular weight excluding hydrogens is 310 g/mol. The molecule has 1 aromatic carbocycles. The Labute approximate surface area is 126 Å². The van der Waals surface area contributed by atoms with Crippen molar-refractivity contribution in [3.8, 4) is 12.3 Å². The number of anilines is 1. The van der Waals surface area contributed by atoms with Crippen molar-refractivity contribution < 1.29 is 18.3 Å². The number of carboxylic acid groups (broad SMARTS) is 1. The minimum absolute atomic E-state index is 0.0229. The number of sulfonamides is 1. The number of benzene rings is 1. The lowest BCUT2D eigenvalue weighted by Gasteiger charge is -2.07. The van der Waals surface area contributed by atoms with E-state index in [1.165, 1.54) is 6.07 Å². The van der Waals surface area contributed by atoms with Crippen LogP contribution in [0.3, 0.4) is 0 Å². The van der Waals surface area contributed by atoms with Crippen LogP contribution in [0.4, 0.5) is 5.69 Å². The Morgan fingerprint density at radius 2 is 2.10 bits per heavy atom. The second kappa shape index (κ2) is 5.60. The van der Waals surface area contributed by atoms with E-state index in [1.54, 1.807) is 25.1 Å². The summed E-state index contributed by atoms with van der Waals surface area (Å²) in [5, 5.41) is 8.92. The number of aromatic carboxylic acids is 1. The quantitative estimate of drug-likeness (QED) is 0.848. The van der Waals surface area contributed by atoms with Gasteiger partial charge >= 0.3 is 5.97 Å². The molecule has 21 heavy (non-hydrogen) atoms. The zero-order valence-corrected chi connectivity index (χ0v) is 12.6. The number of terminal acetylenes is 1. The third-order valence-electron chi connectivity index (χ3n) is 2.65. The minimum Gasteiger partial charge on any atom is -0.477 e. The standard InChI is InChI=1S/C14H11NO4S2/c1-3-10-5-4-6-11(7-10)15-21(18,19)13-8-12(14(16)17)20-9(13)2/h1,4-8,15H,2H3,(H,16,17). The first-order valence-electron chi connectivity index (χ1n) is 5.76. The molecule has 1 aromatic heterocycles. The van der Waals surface area contributed by atoms with Gasteiger partial charge in [-0.25, -0.2) is 13.2 Å². The summed E-state index contributed by atoms with van der Waals surface area (Å²) < 4.78 is 27.0. The summed E-state index contributed by atoms with van der Waals surface area (Å²) in [7, 11) is -3.85. The van der Waals surface area contributed by atoms with Crippen LogP contribution in [0.5, 0.6) is 0 Å². The second-order valence-electron chi connectivity index (χ2n) is 4.17. The Morgan fingerprint density at radius 1 is 1.38 bits per heavy atom. The van der Waals surface area contributed by atoms with Crippen LogP contribution in [0.15, 0.2) is 35.2 Å². The van der Waals surface area contributed by atoms with Gasteiger partial charge in [0.2, 0.25) is 0 Å². The van der Waals surface area contributed by atoms with Crippen molar-refractivity contribution in [3.63, 3.8) is 0 Å². The Morgan fingerprint density at radius 3 is 2.67 bits per heavy atom. The smallest absolute Gasteiger partial charge is 0.345 e. The highest BCUT2D eigenvalue weighted by molar-refractivity contribution is 7.93. The van der Waals surface area contributed by atoms with E-state index in [-0.39, 0.29) is 9.77 Å². The molecule has 108 valence electrons. The molecular formula is C14H11NO4S2. The van der Waals surface area contributed by atoms with E-state index in [4.69, 9.17) is 11.5 Å². The molecule has 2 rings (SSSR count). The fraction of sp³-hybridized carbons (Fsp3) is 0.0714. The number of carbonyl (C=O) groups is 1. The molecule has 5 nitrogen and oxygen atoms in total. The number of hydrogen-bond donors (Lipinski definition) is 2. The van der Waals surface area contributed by atoms with E-state index in [2.05, 4.69) is 10.6 Å². The van der Waals surface area contributed by atoms with Gasteiger partial charge in [-0.1, -0.05) is 12.0 Å². The lowest BCUT2D eigenvalue weighted by atomic mass is 10.2. The molecule has 0 bridgehead atoms. The molecule has 1 heterocycles. The zero-order chi connectivity index (χ0) is 15.6. The van der Waals surface area contributed by atoms with Gasteiger partial charge in [-0.2, -0.15) is 0 Å². The SMILES string of the molecule is C#Cc1cccc(NS(=O)(=O)c2cc(C(=O)O)sc2C)c1. The van der Waals surface area contributed by atoms with Gasteiger partial charge in [-0.15, -0.1) is 17.8 Å². The lowest BCUT2D eigenvalue weighted by Crippen LogP contribution is -2.13. The summed E-state index contributed by atoms with van der Waals surface area (Å²) in [6.07, 6.45) is 5.26. The van der Waals surface area contributed by atoms with E-state index in [1.807, 2.05) is 0 Å². The highest BCUT2D eigenvalue weighted by atomic mass is 32.2. The Kier molecular flexibility index (Phi) is 4.02. The molecule has 0 spiro atoms. The maximum Gasteiger partial charge on any atom is 0.345 e. The van der Waals surface area contributed by atoms with Crippen molar-refractivity contribution >= 4 is 33.0 Å². The van der Waals surface area contributed by atoms with Gasteiger partial charge in [0.25, 0.3) is 10.0 Å². The lowest BCUT2D eigenvalue weighted by molar-refractivity contribution is 0.0702. The van der Waals surface area contributed by atoms with Crippen molar-refractivity contribution in [2.24, 2.45) is 0 Å². The summed E-state index contributed by atoms with van der Waals surface area (Å²) in [6.45, 7) is 1.56. The molecule has 0 amide bonds. The van der Waals surface area contributed by atoms with E-state index >= 15 is 0 Å². The highest BCUT2D eigenvalue weighted by Crippen LogP contribution is 2.27. The van der Waals surface area contributed by atoms with E-state index in [0.29, 0.717) is 16.1 Å². The molecule has 0 saturated heterocycles. The largest absolute Gasteiger partial charge is 0.477 e. The van der Waals surface area contributed by atoms with Crippen LogP contribution in [0, 0.1) is 19.3 Å². The number of rotatable bonds is 4. The molecule has 0 aliphatic carbocycles. The molecule has 0 radical (unpaired) electrons. The molecule has 7 heteroatoms. The third-order valence-corrected chi connectivity index (χ3v) is 5.33. The first-order valence-corrected chi connectivity index (χ1v) is 8.06. The van der Waals surface area contributed by atoms with E-state index in [0.717, 1.165) is 17.4 Å². The monoisotopic (exact) mass is 321 g/mol. The Balaban J connectivity index is 2.38. The fourth-order valence-electron chi connectivity index (χ4n) is 1.72. The van der Waals surface area contributed by atoms with Crippen molar-refractivity contribution in [1.82, 2.24) is 0 Å². The summed E-state index contributed by atoms with van der Waals surface area (Å²) >= 11 is 0.916. The molecule has 0 unspecified atom stereocenters. The molecule has 0 aliphatic rings. The van der Waals surface area contributed by atoms with Crippen LogP contribution in [-0.2, 0) is 10.0 Å². The van der Waals surface area contributed by atoms with Crippen LogP contribution >= 0.6 is 11.3 Å². The Bertz CT molecular complexity index is 844. The fourth-order valence-corrected chi connectivity index (χ4v) is 4.20. The van der Waals surface area contributed by atoms with Gasteiger partial charge in [-0.3, -0.25) is 4.72 Å². The molecule has 0 saturated carbocycles. The first kappa shape index (κ1) is 15.1. The van der Waals surface area contributed by atoms with Crippen LogP contribution in [0.2, 0.25) is 0 Å². The maximum atomic E-state index is 12.3. The minimum atomic E-state index is -3.85. The summed E-state index contributed by atoms with van der Waals surface area (Å²) in [5.41, 5.74) is 0.872.